The van der Waals surface area contributed by atoms with Crippen molar-refractivity contribution < 1.29 is 19.1 Å². The van der Waals surface area contributed by atoms with E-state index in [0.29, 0.717) is 17.9 Å². The molecule has 28 heavy (non-hydrogen) atoms. The van der Waals surface area contributed by atoms with Gasteiger partial charge in [-0.05, 0) is 48.7 Å². The van der Waals surface area contributed by atoms with Gasteiger partial charge in [-0.15, -0.1) is 0 Å². The van der Waals surface area contributed by atoms with E-state index in [2.05, 4.69) is 5.32 Å². The molecule has 0 aliphatic carbocycles. The van der Waals surface area contributed by atoms with Crippen molar-refractivity contribution in [1.29, 1.82) is 0 Å². The van der Waals surface area contributed by atoms with E-state index in [-0.39, 0.29) is 24.3 Å². The van der Waals surface area contributed by atoms with Gasteiger partial charge in [0.25, 0.3) is 0 Å². The fraction of sp³-hybridized carbons (Fsp3) is 0.318. The van der Waals surface area contributed by atoms with Crippen LogP contribution in [-0.4, -0.2) is 30.9 Å². The number of para-hydroxylation sites is 1. The van der Waals surface area contributed by atoms with E-state index in [0.717, 1.165) is 11.3 Å². The molecule has 0 fully saturated rings. The summed E-state index contributed by atoms with van der Waals surface area (Å²) in [5, 5.41) is 2.76. The highest BCUT2D eigenvalue weighted by Gasteiger charge is 2.20. The third-order valence-corrected chi connectivity index (χ3v) is 4.21. The maximum absolute atomic E-state index is 12.5. The van der Waals surface area contributed by atoms with Gasteiger partial charge >= 0.3 is 5.97 Å². The van der Waals surface area contributed by atoms with E-state index in [4.69, 9.17) is 4.74 Å². The van der Waals surface area contributed by atoms with Gasteiger partial charge in [-0.2, -0.15) is 0 Å². The number of ether oxygens (including phenoxy) is 1. The zero-order chi connectivity index (χ0) is 20.7. The second-order valence-corrected chi connectivity index (χ2v) is 6.66. The fourth-order valence-electron chi connectivity index (χ4n) is 2.84. The van der Waals surface area contributed by atoms with Gasteiger partial charge in [-0.3, -0.25) is 9.59 Å². The lowest BCUT2D eigenvalue weighted by atomic mass is 10.0. The molecule has 0 aromatic heterocycles. The maximum Gasteiger partial charge on any atom is 0.338 e. The minimum atomic E-state index is -0.409. The lowest BCUT2D eigenvalue weighted by Gasteiger charge is -2.25. The molecule has 6 heteroatoms. The number of carbonyl (C=O) groups excluding carboxylic acids is 3. The fourth-order valence-corrected chi connectivity index (χ4v) is 2.84. The Morgan fingerprint density at radius 1 is 1.04 bits per heavy atom. The Hall–Kier alpha value is -3.15. The topological polar surface area (TPSA) is 75.7 Å². The molecule has 0 heterocycles. The highest BCUT2D eigenvalue weighted by Crippen LogP contribution is 2.27. The molecule has 6 nitrogen and oxygen atoms in total. The third kappa shape index (κ3) is 5.42. The van der Waals surface area contributed by atoms with Gasteiger partial charge in [-0.1, -0.05) is 32.0 Å². The van der Waals surface area contributed by atoms with E-state index in [1.165, 1.54) is 11.8 Å². The molecule has 0 aliphatic heterocycles. The Morgan fingerprint density at radius 2 is 1.68 bits per heavy atom. The van der Waals surface area contributed by atoms with Crippen LogP contribution in [0.4, 0.5) is 11.4 Å². The van der Waals surface area contributed by atoms with Crippen molar-refractivity contribution in [3.05, 3.63) is 59.7 Å². The van der Waals surface area contributed by atoms with E-state index in [1.807, 2.05) is 38.1 Å². The molecule has 1 N–H and O–H groups in total. The minimum absolute atomic E-state index is 0.0985. The van der Waals surface area contributed by atoms with Gasteiger partial charge < -0.3 is 15.0 Å². The molecule has 0 unspecified atom stereocenters. The second-order valence-electron chi connectivity index (χ2n) is 6.66. The van der Waals surface area contributed by atoms with Crippen LogP contribution >= 0.6 is 0 Å². The summed E-state index contributed by atoms with van der Waals surface area (Å²) in [4.78, 5) is 37.8. The van der Waals surface area contributed by atoms with Gasteiger partial charge in [0.15, 0.2) is 0 Å². The monoisotopic (exact) mass is 382 g/mol. The molecular formula is C22H26N2O4. The molecule has 148 valence electrons. The van der Waals surface area contributed by atoms with E-state index in [9.17, 15) is 14.4 Å². The van der Waals surface area contributed by atoms with Gasteiger partial charge in [0.05, 0.1) is 12.2 Å². The summed E-state index contributed by atoms with van der Waals surface area (Å²) in [7, 11) is 0. The molecule has 2 rings (SSSR count). The summed E-state index contributed by atoms with van der Waals surface area (Å²) in [5.41, 5.74) is 2.69. The van der Waals surface area contributed by atoms with E-state index >= 15 is 0 Å². The van der Waals surface area contributed by atoms with Crippen molar-refractivity contribution in [2.75, 3.05) is 23.4 Å². The van der Waals surface area contributed by atoms with Crippen LogP contribution in [0.1, 0.15) is 49.5 Å². The number of anilines is 2. The number of hydrogen-bond acceptors (Lipinski definition) is 4. The Balaban J connectivity index is 2.12. The summed E-state index contributed by atoms with van der Waals surface area (Å²) in [6, 6.07) is 14.0. The lowest BCUT2D eigenvalue weighted by molar-refractivity contribution is -0.120. The number of benzene rings is 2. The molecule has 0 saturated carbocycles. The first-order valence-electron chi connectivity index (χ1n) is 9.27. The number of rotatable bonds is 7. The number of nitrogens with zero attached hydrogens (tertiary/aromatic N) is 1. The van der Waals surface area contributed by atoms with Crippen LogP contribution in [0.15, 0.2) is 48.5 Å². The number of nitrogens with one attached hydrogen (secondary N) is 1. The molecular weight excluding hydrogens is 356 g/mol. The van der Waals surface area contributed by atoms with Crippen molar-refractivity contribution in [3.63, 3.8) is 0 Å². The van der Waals surface area contributed by atoms with Crippen molar-refractivity contribution >= 4 is 29.2 Å². The maximum atomic E-state index is 12.5. The molecule has 0 atom stereocenters. The predicted molar refractivity (Wildman–Crippen MR) is 110 cm³/mol. The summed E-state index contributed by atoms with van der Waals surface area (Å²) in [5.74, 6) is -0.719. The summed E-state index contributed by atoms with van der Waals surface area (Å²) >= 11 is 0. The molecule has 0 aliphatic rings. The van der Waals surface area contributed by atoms with E-state index < -0.39 is 5.97 Å². The van der Waals surface area contributed by atoms with Crippen LogP contribution in [0.3, 0.4) is 0 Å². The van der Waals surface area contributed by atoms with Crippen LogP contribution in [0.2, 0.25) is 0 Å². The van der Waals surface area contributed by atoms with Crippen molar-refractivity contribution in [2.24, 2.45) is 0 Å². The van der Waals surface area contributed by atoms with Gasteiger partial charge in [-0.25, -0.2) is 4.79 Å². The van der Waals surface area contributed by atoms with Crippen molar-refractivity contribution in [1.82, 2.24) is 0 Å². The normalized spacial score (nSPS) is 10.5. The van der Waals surface area contributed by atoms with Crippen LogP contribution < -0.4 is 10.2 Å². The zero-order valence-electron chi connectivity index (χ0n) is 16.7. The predicted octanol–water partition coefficient (Wildman–Crippen LogP) is 3.98. The average molecular weight is 382 g/mol. The highest BCUT2D eigenvalue weighted by molar-refractivity contribution is 6.02. The Kier molecular flexibility index (Phi) is 7.32. The molecule has 0 saturated heterocycles. The van der Waals surface area contributed by atoms with Crippen LogP contribution in [0.25, 0.3) is 0 Å². The summed E-state index contributed by atoms with van der Waals surface area (Å²) in [6.45, 7) is 7.47. The Bertz CT molecular complexity index is 844. The number of esters is 1. The molecule has 2 amide bonds. The molecule has 0 spiro atoms. The SMILES string of the molecule is CCOC(=O)c1ccc(NC(=O)CN(C(C)=O)c2ccccc2C(C)C)cc1. The van der Waals surface area contributed by atoms with Gasteiger partial charge in [0.2, 0.25) is 11.8 Å². The standard InChI is InChI=1S/C22H26N2O4/c1-5-28-22(27)17-10-12-18(13-11-17)23-21(26)14-24(16(4)25)20-9-7-6-8-19(20)15(2)3/h6-13,15H,5,14H2,1-4H3,(H,23,26). The lowest BCUT2D eigenvalue weighted by Crippen LogP contribution is -2.37. The molecule has 2 aromatic rings. The quantitative estimate of drug-likeness (QED) is 0.735. The zero-order valence-corrected chi connectivity index (χ0v) is 16.7. The number of amides is 2. The third-order valence-electron chi connectivity index (χ3n) is 4.21. The summed E-state index contributed by atoms with van der Waals surface area (Å²) < 4.78 is 4.94. The first-order chi connectivity index (χ1) is 13.3. The van der Waals surface area contributed by atoms with Crippen molar-refractivity contribution in [3.8, 4) is 0 Å². The first-order valence-corrected chi connectivity index (χ1v) is 9.27. The van der Waals surface area contributed by atoms with Gasteiger partial charge in [0.1, 0.15) is 6.54 Å². The largest absolute Gasteiger partial charge is 0.462 e. The van der Waals surface area contributed by atoms with Crippen molar-refractivity contribution in [2.45, 2.75) is 33.6 Å². The number of hydrogen-bond donors (Lipinski definition) is 1. The average Bonchev–Trinajstić information content (AvgIpc) is 2.66. The second kappa shape index (κ2) is 9.69. The Morgan fingerprint density at radius 3 is 2.25 bits per heavy atom. The first kappa shape index (κ1) is 21.2. The molecule has 0 bridgehead atoms. The number of carbonyl (C=O) groups is 3. The van der Waals surface area contributed by atoms with E-state index in [1.54, 1.807) is 31.2 Å². The smallest absolute Gasteiger partial charge is 0.338 e. The highest BCUT2D eigenvalue weighted by atomic mass is 16.5. The minimum Gasteiger partial charge on any atom is -0.462 e. The Labute approximate surface area is 165 Å². The van der Waals surface area contributed by atoms with Crippen LogP contribution in [0.5, 0.6) is 0 Å². The van der Waals surface area contributed by atoms with Crippen LogP contribution in [0, 0.1) is 0 Å². The molecule has 2 aromatic carbocycles. The molecule has 0 radical (unpaired) electrons. The van der Waals surface area contributed by atoms with Crippen LogP contribution in [-0.2, 0) is 14.3 Å². The summed E-state index contributed by atoms with van der Waals surface area (Å²) in [6.07, 6.45) is 0. The van der Waals surface area contributed by atoms with Gasteiger partial charge in [0, 0.05) is 18.3 Å².